The van der Waals surface area contributed by atoms with E-state index in [2.05, 4.69) is 19.2 Å². The molecule has 9 heteroatoms. The first-order valence-corrected chi connectivity index (χ1v) is 19.1. The zero-order chi connectivity index (χ0) is 31.2. The van der Waals surface area contributed by atoms with E-state index in [0.29, 0.717) is 12.8 Å². The van der Waals surface area contributed by atoms with Crippen molar-refractivity contribution >= 4 is 13.7 Å². The number of aliphatic hydroxyl groups excluding tert-OH is 1. The van der Waals surface area contributed by atoms with Crippen molar-refractivity contribution in [2.75, 3.05) is 19.8 Å². The van der Waals surface area contributed by atoms with Gasteiger partial charge in [-0.15, -0.1) is 0 Å². The van der Waals surface area contributed by atoms with Crippen LogP contribution in [0.1, 0.15) is 174 Å². The maximum absolute atomic E-state index is 12.6. The van der Waals surface area contributed by atoms with Gasteiger partial charge in [0.05, 0.1) is 25.4 Å². The van der Waals surface area contributed by atoms with Gasteiger partial charge in [-0.25, -0.2) is 4.57 Å². The first kappa shape index (κ1) is 41.5. The van der Waals surface area contributed by atoms with Crippen LogP contribution < -0.4 is 11.1 Å². The molecule has 0 spiro atoms. The molecule has 1 amide bonds. The summed E-state index contributed by atoms with van der Waals surface area (Å²) in [6.45, 7) is 4.18. The van der Waals surface area contributed by atoms with E-state index in [1.54, 1.807) is 0 Å². The Morgan fingerprint density at radius 3 is 1.52 bits per heavy atom. The topological polar surface area (TPSA) is 131 Å². The van der Waals surface area contributed by atoms with Crippen LogP contribution >= 0.6 is 7.82 Å². The minimum atomic E-state index is -4.29. The molecule has 0 saturated heterocycles. The molecule has 0 aliphatic rings. The average Bonchev–Trinajstić information content (AvgIpc) is 2.97. The quantitative estimate of drug-likeness (QED) is 0.0426. The molecule has 0 aliphatic heterocycles. The Hall–Kier alpha value is -0.500. The fourth-order valence-electron chi connectivity index (χ4n) is 5.25. The van der Waals surface area contributed by atoms with E-state index in [9.17, 15) is 19.4 Å². The van der Waals surface area contributed by atoms with Gasteiger partial charge in [-0.2, -0.15) is 0 Å². The highest BCUT2D eigenvalue weighted by Crippen LogP contribution is 2.43. The fraction of sp³-hybridized carbons (Fsp3) is 0.970. The van der Waals surface area contributed by atoms with Gasteiger partial charge in [0.15, 0.2) is 0 Å². The molecule has 0 aromatic heterocycles. The van der Waals surface area contributed by atoms with Crippen LogP contribution in [0.5, 0.6) is 0 Å². The molecule has 0 heterocycles. The molecule has 0 aliphatic carbocycles. The summed E-state index contributed by atoms with van der Waals surface area (Å²) in [5, 5.41) is 13.7. The molecule has 8 nitrogen and oxygen atoms in total. The van der Waals surface area contributed by atoms with Gasteiger partial charge in [0.25, 0.3) is 0 Å². The highest BCUT2D eigenvalue weighted by atomic mass is 31.2. The summed E-state index contributed by atoms with van der Waals surface area (Å²) in [5.74, 6) is -0.164. The number of phosphoric ester groups is 1. The molecular formula is C33H69N2O6P. The Morgan fingerprint density at radius 2 is 1.10 bits per heavy atom. The summed E-state index contributed by atoms with van der Waals surface area (Å²) in [5.41, 5.74) is 5.35. The number of aliphatic hydroxyl groups is 1. The standard InChI is InChI=1S/C33H69N2O6P/c1-3-5-7-9-11-13-15-16-17-18-20-22-24-26-32(36)31(30-41-42(38,39)40-29-28-34)35-33(37)27-25-23-21-19-14-12-10-8-6-4-2/h31-32,36H,3-30,34H2,1-2H3,(H,35,37)(H,38,39). The number of unbranched alkanes of at least 4 members (excludes halogenated alkanes) is 21. The number of phosphoric acid groups is 1. The van der Waals surface area contributed by atoms with Gasteiger partial charge >= 0.3 is 7.82 Å². The number of carbonyl (C=O) groups is 1. The molecule has 252 valence electrons. The highest BCUT2D eigenvalue weighted by Gasteiger charge is 2.27. The van der Waals surface area contributed by atoms with Gasteiger partial charge in [0, 0.05) is 13.0 Å². The number of hydrogen-bond acceptors (Lipinski definition) is 6. The van der Waals surface area contributed by atoms with E-state index < -0.39 is 20.0 Å². The van der Waals surface area contributed by atoms with Crippen LogP contribution in [0.4, 0.5) is 0 Å². The molecule has 0 fully saturated rings. The molecule has 0 aromatic rings. The molecular weight excluding hydrogens is 551 g/mol. The van der Waals surface area contributed by atoms with Crippen molar-refractivity contribution in [1.82, 2.24) is 5.32 Å². The zero-order valence-electron chi connectivity index (χ0n) is 27.5. The number of rotatable bonds is 33. The second kappa shape index (κ2) is 30.5. The molecule has 3 unspecified atom stereocenters. The van der Waals surface area contributed by atoms with Crippen LogP contribution in [0.15, 0.2) is 0 Å². The van der Waals surface area contributed by atoms with Crippen LogP contribution in [0, 0.1) is 0 Å². The lowest BCUT2D eigenvalue weighted by molar-refractivity contribution is -0.123. The number of nitrogens with two attached hydrogens (primary N) is 1. The van der Waals surface area contributed by atoms with E-state index >= 15 is 0 Å². The van der Waals surface area contributed by atoms with Crippen molar-refractivity contribution in [3.05, 3.63) is 0 Å². The third-order valence-corrected chi connectivity index (χ3v) is 8.95. The fourth-order valence-corrected chi connectivity index (χ4v) is 6.01. The molecule has 0 rings (SSSR count). The Bertz CT molecular complexity index is 640. The van der Waals surface area contributed by atoms with E-state index in [1.807, 2.05) is 0 Å². The summed E-state index contributed by atoms with van der Waals surface area (Å²) in [6, 6.07) is -0.764. The van der Waals surface area contributed by atoms with Gasteiger partial charge in [0.1, 0.15) is 0 Å². The molecule has 0 radical (unpaired) electrons. The maximum Gasteiger partial charge on any atom is 0.472 e. The normalized spacial score (nSPS) is 14.5. The summed E-state index contributed by atoms with van der Waals surface area (Å²) < 4.78 is 22.0. The van der Waals surface area contributed by atoms with E-state index in [1.165, 1.54) is 109 Å². The lowest BCUT2D eigenvalue weighted by Crippen LogP contribution is -2.46. The SMILES string of the molecule is CCCCCCCCCCCCCCCC(O)C(COP(=O)(O)OCCN)NC(=O)CCCCCCCCCCCC. The third-order valence-electron chi connectivity index (χ3n) is 7.96. The van der Waals surface area contributed by atoms with Crippen molar-refractivity contribution in [2.24, 2.45) is 5.73 Å². The van der Waals surface area contributed by atoms with Crippen LogP contribution in [-0.4, -0.2) is 47.8 Å². The molecule has 3 atom stereocenters. The second-order valence-corrected chi connectivity index (χ2v) is 13.5. The van der Waals surface area contributed by atoms with Crippen molar-refractivity contribution in [2.45, 2.75) is 187 Å². The van der Waals surface area contributed by atoms with Crippen LogP contribution in [0.3, 0.4) is 0 Å². The van der Waals surface area contributed by atoms with E-state index in [-0.39, 0.29) is 25.7 Å². The van der Waals surface area contributed by atoms with Crippen molar-refractivity contribution in [3.63, 3.8) is 0 Å². The Balaban J connectivity index is 4.28. The summed E-state index contributed by atoms with van der Waals surface area (Å²) >= 11 is 0. The summed E-state index contributed by atoms with van der Waals surface area (Å²) in [6.07, 6.45) is 28.2. The van der Waals surface area contributed by atoms with Crippen molar-refractivity contribution in [1.29, 1.82) is 0 Å². The van der Waals surface area contributed by atoms with Gasteiger partial charge in [-0.3, -0.25) is 13.8 Å². The van der Waals surface area contributed by atoms with Gasteiger partial charge in [-0.05, 0) is 12.8 Å². The number of carbonyl (C=O) groups excluding carboxylic acids is 1. The Labute approximate surface area is 259 Å². The predicted molar refractivity (Wildman–Crippen MR) is 175 cm³/mol. The highest BCUT2D eigenvalue weighted by molar-refractivity contribution is 7.47. The number of nitrogens with one attached hydrogen (secondary N) is 1. The smallest absolute Gasteiger partial charge is 0.391 e. The minimum absolute atomic E-state index is 0.0919. The van der Waals surface area contributed by atoms with Crippen LogP contribution in [0.2, 0.25) is 0 Å². The lowest BCUT2D eigenvalue weighted by atomic mass is 10.0. The second-order valence-electron chi connectivity index (χ2n) is 12.1. The van der Waals surface area contributed by atoms with E-state index in [0.717, 1.165) is 38.5 Å². The number of hydrogen-bond donors (Lipinski definition) is 4. The van der Waals surface area contributed by atoms with Gasteiger partial charge in [0.2, 0.25) is 5.91 Å². The largest absolute Gasteiger partial charge is 0.472 e. The Morgan fingerprint density at radius 1 is 0.690 bits per heavy atom. The van der Waals surface area contributed by atoms with E-state index in [4.69, 9.17) is 14.8 Å². The van der Waals surface area contributed by atoms with Gasteiger partial charge < -0.3 is 21.1 Å². The van der Waals surface area contributed by atoms with Crippen molar-refractivity contribution < 1.29 is 28.4 Å². The minimum Gasteiger partial charge on any atom is -0.391 e. The predicted octanol–water partition coefficient (Wildman–Crippen LogP) is 8.72. The molecule has 5 N–H and O–H groups in total. The Kier molecular flexibility index (Phi) is 30.2. The number of amides is 1. The molecule has 0 saturated carbocycles. The van der Waals surface area contributed by atoms with Crippen LogP contribution in [-0.2, 0) is 18.4 Å². The average molecular weight is 621 g/mol. The first-order chi connectivity index (χ1) is 20.4. The molecule has 0 aromatic carbocycles. The third kappa shape index (κ3) is 28.3. The summed E-state index contributed by atoms with van der Waals surface area (Å²) in [4.78, 5) is 22.5. The molecule has 0 bridgehead atoms. The lowest BCUT2D eigenvalue weighted by Gasteiger charge is -2.25. The molecule has 42 heavy (non-hydrogen) atoms. The maximum atomic E-state index is 12.6. The monoisotopic (exact) mass is 620 g/mol. The van der Waals surface area contributed by atoms with Gasteiger partial charge in [-0.1, -0.05) is 155 Å². The van der Waals surface area contributed by atoms with Crippen LogP contribution in [0.25, 0.3) is 0 Å². The summed E-state index contributed by atoms with van der Waals surface area (Å²) in [7, 11) is -4.29. The first-order valence-electron chi connectivity index (χ1n) is 17.7. The zero-order valence-corrected chi connectivity index (χ0v) is 28.4. The van der Waals surface area contributed by atoms with Crippen molar-refractivity contribution in [3.8, 4) is 0 Å².